The number of fused-ring (bicyclic) bond motifs is 1. The zero-order valence-electron chi connectivity index (χ0n) is 15.6. The third-order valence-corrected chi connectivity index (χ3v) is 7.31. The third-order valence-electron chi connectivity index (χ3n) is 4.93. The number of amides is 1. The molecule has 2 aliphatic heterocycles. The Hall–Kier alpha value is -2.29. The van der Waals surface area contributed by atoms with Gasteiger partial charge in [0.15, 0.2) is 11.5 Å². The topological polar surface area (TPSA) is 84.9 Å². The fourth-order valence-corrected chi connectivity index (χ4v) is 5.41. The Morgan fingerprint density at radius 1 is 1.07 bits per heavy atom. The lowest BCUT2D eigenvalue weighted by atomic mass is 10.2. The molecule has 2 aromatic carbocycles. The van der Waals surface area contributed by atoms with Gasteiger partial charge in [0, 0.05) is 18.8 Å². The number of ether oxygens (including phenoxy) is 2. The van der Waals surface area contributed by atoms with E-state index in [0.29, 0.717) is 30.3 Å². The van der Waals surface area contributed by atoms with E-state index in [2.05, 4.69) is 5.32 Å². The third kappa shape index (κ3) is 4.19. The quantitative estimate of drug-likeness (QED) is 0.794. The van der Waals surface area contributed by atoms with E-state index >= 15 is 0 Å². The van der Waals surface area contributed by atoms with Gasteiger partial charge in [0.05, 0.1) is 5.02 Å². The van der Waals surface area contributed by atoms with Crippen molar-refractivity contribution in [1.29, 1.82) is 0 Å². The molecule has 1 saturated heterocycles. The molecule has 0 saturated carbocycles. The largest absolute Gasteiger partial charge is 0.485 e. The van der Waals surface area contributed by atoms with Gasteiger partial charge in [-0.25, -0.2) is 8.42 Å². The molecule has 0 bridgehead atoms. The zero-order valence-corrected chi connectivity index (χ0v) is 17.2. The smallest absolute Gasteiger partial charge is 0.269 e. The van der Waals surface area contributed by atoms with Crippen molar-refractivity contribution in [3.05, 3.63) is 47.5 Å². The molecule has 9 heteroatoms. The van der Waals surface area contributed by atoms with Crippen LogP contribution < -0.4 is 14.8 Å². The molecule has 1 atom stereocenters. The normalized spacial score (nSPS) is 19.6. The highest BCUT2D eigenvalue weighted by Crippen LogP contribution is 2.32. The molecular formula is C20H21ClN2O5S. The van der Waals surface area contributed by atoms with Crippen LogP contribution in [-0.2, 0) is 14.8 Å². The van der Waals surface area contributed by atoms with Crippen LogP contribution in [0, 0.1) is 0 Å². The van der Waals surface area contributed by atoms with Gasteiger partial charge in [0.25, 0.3) is 5.91 Å². The fraction of sp³-hybridized carbons (Fsp3) is 0.350. The number of carbonyl (C=O) groups excluding carboxylic acids is 1. The summed E-state index contributed by atoms with van der Waals surface area (Å²) in [5.74, 6) is 0.643. The molecule has 0 aliphatic carbocycles. The van der Waals surface area contributed by atoms with Crippen molar-refractivity contribution in [1.82, 2.24) is 4.31 Å². The Kier molecular flexibility index (Phi) is 5.67. The van der Waals surface area contributed by atoms with E-state index < -0.39 is 22.0 Å². The molecule has 29 heavy (non-hydrogen) atoms. The van der Waals surface area contributed by atoms with Crippen molar-refractivity contribution in [3.8, 4) is 11.5 Å². The van der Waals surface area contributed by atoms with Crippen LogP contribution in [0.3, 0.4) is 0 Å². The SMILES string of the molecule is O=C(Nc1ccc(Cl)c(S(=O)(=O)N2CCCCC2)c1)[C@@H]1COc2ccccc2O1. The maximum atomic E-state index is 13.0. The lowest BCUT2D eigenvalue weighted by Crippen LogP contribution is -2.40. The van der Waals surface area contributed by atoms with Gasteiger partial charge >= 0.3 is 0 Å². The Balaban J connectivity index is 1.51. The van der Waals surface area contributed by atoms with Crippen LogP contribution in [0.5, 0.6) is 11.5 Å². The Morgan fingerprint density at radius 2 is 1.79 bits per heavy atom. The van der Waals surface area contributed by atoms with Gasteiger partial charge in [-0.1, -0.05) is 30.2 Å². The van der Waals surface area contributed by atoms with Crippen molar-refractivity contribution in [2.24, 2.45) is 0 Å². The van der Waals surface area contributed by atoms with Crippen LogP contribution in [0.25, 0.3) is 0 Å². The van der Waals surface area contributed by atoms with Crippen LogP contribution in [0.2, 0.25) is 5.02 Å². The minimum atomic E-state index is -3.72. The highest BCUT2D eigenvalue weighted by atomic mass is 35.5. The number of rotatable bonds is 4. The lowest BCUT2D eigenvalue weighted by Gasteiger charge is -2.27. The average molecular weight is 437 g/mol. The van der Waals surface area contributed by atoms with Crippen LogP contribution in [0.15, 0.2) is 47.4 Å². The summed E-state index contributed by atoms with van der Waals surface area (Å²) in [4.78, 5) is 12.6. The number of sulfonamides is 1. The van der Waals surface area contributed by atoms with Crippen molar-refractivity contribution in [2.75, 3.05) is 25.0 Å². The minimum Gasteiger partial charge on any atom is -0.485 e. The first kappa shape index (κ1) is 20.0. The first-order valence-corrected chi connectivity index (χ1v) is 11.3. The first-order chi connectivity index (χ1) is 13.9. The van der Waals surface area contributed by atoms with Gasteiger partial charge in [0.2, 0.25) is 16.1 Å². The number of para-hydroxylation sites is 2. The molecule has 2 heterocycles. The molecule has 0 aromatic heterocycles. The summed E-state index contributed by atoms with van der Waals surface area (Å²) in [5, 5.41) is 2.82. The van der Waals surface area contributed by atoms with Crippen molar-refractivity contribution < 1.29 is 22.7 Å². The van der Waals surface area contributed by atoms with Crippen molar-refractivity contribution in [2.45, 2.75) is 30.3 Å². The molecule has 154 valence electrons. The average Bonchev–Trinajstić information content (AvgIpc) is 2.75. The van der Waals surface area contributed by atoms with Gasteiger partial charge in [-0.2, -0.15) is 4.31 Å². The Bertz CT molecular complexity index is 1020. The second-order valence-corrected chi connectivity index (χ2v) is 9.28. The number of halogens is 1. The monoisotopic (exact) mass is 436 g/mol. The molecule has 0 spiro atoms. The summed E-state index contributed by atoms with van der Waals surface area (Å²) in [6.45, 7) is 1.01. The van der Waals surface area contributed by atoms with Crippen LogP contribution in [0.4, 0.5) is 5.69 Å². The zero-order chi connectivity index (χ0) is 20.4. The van der Waals surface area contributed by atoms with E-state index in [9.17, 15) is 13.2 Å². The van der Waals surface area contributed by atoms with E-state index in [4.69, 9.17) is 21.1 Å². The van der Waals surface area contributed by atoms with E-state index in [1.165, 1.54) is 16.4 Å². The van der Waals surface area contributed by atoms with Gasteiger partial charge < -0.3 is 14.8 Å². The number of nitrogens with zero attached hydrogens (tertiary/aromatic N) is 1. The van der Waals surface area contributed by atoms with Crippen LogP contribution >= 0.6 is 11.6 Å². The summed E-state index contributed by atoms with van der Waals surface area (Å²) >= 11 is 6.18. The van der Waals surface area contributed by atoms with Crippen molar-refractivity contribution >= 4 is 33.2 Å². The highest BCUT2D eigenvalue weighted by Gasteiger charge is 2.30. The summed E-state index contributed by atoms with van der Waals surface area (Å²) in [5.41, 5.74) is 0.331. The molecule has 1 fully saturated rings. The van der Waals surface area contributed by atoms with Crippen LogP contribution in [-0.4, -0.2) is 44.4 Å². The van der Waals surface area contributed by atoms with Crippen LogP contribution in [0.1, 0.15) is 19.3 Å². The number of hydrogen-bond donors (Lipinski definition) is 1. The summed E-state index contributed by atoms with van der Waals surface area (Å²) in [6, 6.07) is 11.5. The minimum absolute atomic E-state index is 0.00924. The predicted octanol–water partition coefficient (Wildman–Crippen LogP) is 3.29. The second-order valence-electron chi connectivity index (χ2n) is 6.96. The number of anilines is 1. The second kappa shape index (κ2) is 8.22. The molecular weight excluding hydrogens is 416 g/mol. The van der Waals surface area contributed by atoms with E-state index in [1.807, 2.05) is 6.07 Å². The lowest BCUT2D eigenvalue weighted by molar-refractivity contribution is -0.125. The maximum Gasteiger partial charge on any atom is 0.269 e. The van der Waals surface area contributed by atoms with Gasteiger partial charge in [0.1, 0.15) is 11.5 Å². The van der Waals surface area contributed by atoms with E-state index in [-0.39, 0.29) is 16.5 Å². The standard InChI is InChI=1S/C20H21ClN2O5S/c21-15-9-8-14(12-19(15)29(25,26)23-10-4-1-5-11-23)22-20(24)18-13-27-16-6-2-3-7-17(16)28-18/h2-3,6-9,12,18H,1,4-5,10-11,13H2,(H,22,24)/t18-/m0/s1. The summed E-state index contributed by atoms with van der Waals surface area (Å²) in [7, 11) is -3.72. The number of nitrogens with one attached hydrogen (secondary N) is 1. The molecule has 7 nitrogen and oxygen atoms in total. The van der Waals surface area contributed by atoms with E-state index in [1.54, 1.807) is 24.3 Å². The van der Waals surface area contributed by atoms with Gasteiger partial charge in [-0.05, 0) is 43.2 Å². The summed E-state index contributed by atoms with van der Waals surface area (Å²) < 4.78 is 38.6. The Morgan fingerprint density at radius 3 is 2.55 bits per heavy atom. The molecule has 0 unspecified atom stereocenters. The Labute approximate surface area is 174 Å². The number of hydrogen-bond acceptors (Lipinski definition) is 5. The van der Waals surface area contributed by atoms with Gasteiger partial charge in [-0.15, -0.1) is 0 Å². The molecule has 1 amide bonds. The molecule has 2 aromatic rings. The number of piperidine rings is 1. The molecule has 1 N–H and O–H groups in total. The number of carbonyl (C=O) groups is 1. The first-order valence-electron chi connectivity index (χ1n) is 9.44. The van der Waals surface area contributed by atoms with Crippen molar-refractivity contribution in [3.63, 3.8) is 0 Å². The maximum absolute atomic E-state index is 13.0. The highest BCUT2D eigenvalue weighted by molar-refractivity contribution is 7.89. The molecule has 0 radical (unpaired) electrons. The molecule has 2 aliphatic rings. The number of benzene rings is 2. The fourth-order valence-electron chi connectivity index (χ4n) is 3.39. The van der Waals surface area contributed by atoms with Gasteiger partial charge in [-0.3, -0.25) is 4.79 Å². The van der Waals surface area contributed by atoms with E-state index in [0.717, 1.165) is 19.3 Å². The summed E-state index contributed by atoms with van der Waals surface area (Å²) in [6.07, 6.45) is 1.83. The predicted molar refractivity (Wildman–Crippen MR) is 109 cm³/mol. The molecule has 4 rings (SSSR count).